The van der Waals surface area contributed by atoms with Crippen LogP contribution >= 0.6 is 11.8 Å². The summed E-state index contributed by atoms with van der Waals surface area (Å²) in [6.45, 7) is 3.79. The van der Waals surface area contributed by atoms with E-state index >= 15 is 0 Å². The average molecular weight is 326 g/mol. The molecule has 120 valence electrons. The number of rotatable bonds is 4. The van der Waals surface area contributed by atoms with Crippen molar-refractivity contribution in [3.8, 4) is 0 Å². The number of hydrogen-bond acceptors (Lipinski definition) is 3. The second kappa shape index (κ2) is 6.77. The normalized spacial score (nSPS) is 13.7. The van der Waals surface area contributed by atoms with Gasteiger partial charge in [-0.2, -0.15) is 0 Å². The van der Waals surface area contributed by atoms with E-state index in [2.05, 4.69) is 44.1 Å². The number of nitrogens with zero attached hydrogens (tertiary/aromatic N) is 2. The molecule has 0 spiro atoms. The third-order valence-corrected chi connectivity index (χ3v) is 5.12. The molecule has 0 radical (unpaired) electrons. The highest BCUT2D eigenvalue weighted by Crippen LogP contribution is 2.41. The molecule has 0 N–H and O–H groups in total. The lowest BCUT2D eigenvalue weighted by molar-refractivity contribution is 0.0983. The van der Waals surface area contributed by atoms with E-state index in [4.69, 9.17) is 0 Å². The number of hydrogen-bond donors (Lipinski definition) is 0. The van der Waals surface area contributed by atoms with Crippen molar-refractivity contribution in [1.29, 1.82) is 0 Å². The summed E-state index contributed by atoms with van der Waals surface area (Å²) in [6, 6.07) is 14.3. The SMILES string of the molecule is Cc1ccc2c(c1)N(CCCN(C)C)C(=O)c1ccccc1S2. The van der Waals surface area contributed by atoms with Crippen LogP contribution in [0.3, 0.4) is 0 Å². The summed E-state index contributed by atoms with van der Waals surface area (Å²) in [5, 5.41) is 0. The fourth-order valence-corrected chi connectivity index (χ4v) is 3.86. The van der Waals surface area contributed by atoms with Gasteiger partial charge < -0.3 is 9.80 Å². The van der Waals surface area contributed by atoms with Gasteiger partial charge in [-0.05, 0) is 63.8 Å². The molecule has 1 amide bonds. The third-order valence-electron chi connectivity index (χ3n) is 3.97. The highest BCUT2D eigenvalue weighted by Gasteiger charge is 2.26. The predicted molar refractivity (Wildman–Crippen MR) is 96.6 cm³/mol. The lowest BCUT2D eigenvalue weighted by Crippen LogP contribution is -2.33. The summed E-state index contributed by atoms with van der Waals surface area (Å²) in [5.74, 6) is 0.108. The topological polar surface area (TPSA) is 23.6 Å². The Morgan fingerprint density at radius 3 is 2.65 bits per heavy atom. The van der Waals surface area contributed by atoms with Crippen molar-refractivity contribution in [2.45, 2.75) is 23.1 Å². The van der Waals surface area contributed by atoms with Crippen molar-refractivity contribution in [2.75, 3.05) is 32.1 Å². The molecule has 3 nitrogen and oxygen atoms in total. The molecule has 2 aromatic carbocycles. The maximum Gasteiger partial charge on any atom is 0.259 e. The first-order chi connectivity index (χ1) is 11.1. The quantitative estimate of drug-likeness (QED) is 0.846. The molecule has 4 heteroatoms. The summed E-state index contributed by atoms with van der Waals surface area (Å²) < 4.78 is 0. The van der Waals surface area contributed by atoms with E-state index in [-0.39, 0.29) is 5.91 Å². The highest BCUT2D eigenvalue weighted by molar-refractivity contribution is 7.99. The van der Waals surface area contributed by atoms with Crippen LogP contribution in [0, 0.1) is 6.92 Å². The first-order valence-electron chi connectivity index (χ1n) is 7.90. The van der Waals surface area contributed by atoms with Crippen molar-refractivity contribution in [3.63, 3.8) is 0 Å². The Bertz CT molecular complexity index is 727. The van der Waals surface area contributed by atoms with Gasteiger partial charge in [-0.15, -0.1) is 0 Å². The van der Waals surface area contributed by atoms with Crippen LogP contribution < -0.4 is 4.90 Å². The molecule has 1 heterocycles. The smallest absolute Gasteiger partial charge is 0.259 e. The van der Waals surface area contributed by atoms with Crippen LogP contribution in [-0.2, 0) is 0 Å². The van der Waals surface area contributed by atoms with Crippen LogP contribution in [0.25, 0.3) is 0 Å². The molecule has 0 bridgehead atoms. The van der Waals surface area contributed by atoms with Crippen molar-refractivity contribution < 1.29 is 4.79 Å². The monoisotopic (exact) mass is 326 g/mol. The van der Waals surface area contributed by atoms with Crippen LogP contribution in [0.15, 0.2) is 52.3 Å². The maximum atomic E-state index is 13.1. The van der Waals surface area contributed by atoms with E-state index in [1.165, 1.54) is 5.56 Å². The first kappa shape index (κ1) is 16.1. The number of amides is 1. The standard InChI is InChI=1S/C19H22N2OS/c1-14-9-10-18-16(13-14)21(12-6-11-20(2)3)19(22)15-7-4-5-8-17(15)23-18/h4-5,7-10,13H,6,11-12H2,1-3H3. The molecule has 0 unspecified atom stereocenters. The minimum atomic E-state index is 0.108. The Morgan fingerprint density at radius 2 is 1.87 bits per heavy atom. The van der Waals surface area contributed by atoms with Crippen LogP contribution in [-0.4, -0.2) is 38.0 Å². The lowest BCUT2D eigenvalue weighted by Gasteiger charge is -2.24. The Balaban J connectivity index is 2.01. The van der Waals surface area contributed by atoms with Gasteiger partial charge in [-0.25, -0.2) is 0 Å². The molecule has 1 aliphatic heterocycles. The molecule has 0 aliphatic carbocycles. The molecule has 0 fully saturated rings. The minimum absolute atomic E-state index is 0.108. The first-order valence-corrected chi connectivity index (χ1v) is 8.72. The van der Waals surface area contributed by atoms with Crippen LogP contribution in [0.5, 0.6) is 0 Å². The van der Waals surface area contributed by atoms with E-state index in [9.17, 15) is 4.79 Å². The largest absolute Gasteiger partial charge is 0.309 e. The number of aryl methyl sites for hydroxylation is 1. The number of carbonyl (C=O) groups excluding carboxylic acids is 1. The minimum Gasteiger partial charge on any atom is -0.309 e. The molecule has 0 saturated carbocycles. The zero-order valence-corrected chi connectivity index (χ0v) is 14.7. The molecule has 0 saturated heterocycles. The van der Waals surface area contributed by atoms with E-state index in [0.29, 0.717) is 0 Å². The lowest BCUT2D eigenvalue weighted by atomic mass is 10.1. The molecule has 23 heavy (non-hydrogen) atoms. The van der Waals surface area contributed by atoms with Gasteiger partial charge in [0.15, 0.2) is 0 Å². The number of carbonyl (C=O) groups is 1. The zero-order valence-electron chi connectivity index (χ0n) is 13.9. The van der Waals surface area contributed by atoms with Gasteiger partial charge in [0.05, 0.1) is 11.3 Å². The van der Waals surface area contributed by atoms with Crippen molar-refractivity contribution in [2.24, 2.45) is 0 Å². The summed E-state index contributed by atoms with van der Waals surface area (Å²) >= 11 is 1.69. The number of anilines is 1. The third kappa shape index (κ3) is 3.43. The summed E-state index contributed by atoms with van der Waals surface area (Å²) in [4.78, 5) is 19.4. The molecule has 1 aliphatic rings. The highest BCUT2D eigenvalue weighted by atomic mass is 32.2. The molecule has 3 rings (SSSR count). The van der Waals surface area contributed by atoms with Gasteiger partial charge >= 0.3 is 0 Å². The fourth-order valence-electron chi connectivity index (χ4n) is 2.80. The van der Waals surface area contributed by atoms with Gasteiger partial charge in [0.25, 0.3) is 5.91 Å². The Labute approximate surface area is 142 Å². The van der Waals surface area contributed by atoms with E-state index in [1.807, 2.05) is 29.2 Å². The number of benzene rings is 2. The van der Waals surface area contributed by atoms with Gasteiger partial charge in [0, 0.05) is 16.3 Å². The molecule has 0 aromatic heterocycles. The van der Waals surface area contributed by atoms with Crippen LogP contribution in [0.2, 0.25) is 0 Å². The Hall–Kier alpha value is -1.78. The second-order valence-electron chi connectivity index (χ2n) is 6.18. The van der Waals surface area contributed by atoms with E-state index in [0.717, 1.165) is 40.6 Å². The van der Waals surface area contributed by atoms with Crippen molar-refractivity contribution >= 4 is 23.4 Å². The van der Waals surface area contributed by atoms with E-state index < -0.39 is 0 Å². The van der Waals surface area contributed by atoms with Gasteiger partial charge in [-0.3, -0.25) is 4.79 Å². The van der Waals surface area contributed by atoms with E-state index in [1.54, 1.807) is 11.8 Å². The Kier molecular flexibility index (Phi) is 4.74. The summed E-state index contributed by atoms with van der Waals surface area (Å²) in [6.07, 6.45) is 0.957. The second-order valence-corrected chi connectivity index (χ2v) is 7.27. The number of fused-ring (bicyclic) bond motifs is 2. The molecular formula is C19H22N2OS. The summed E-state index contributed by atoms with van der Waals surface area (Å²) in [5.41, 5.74) is 3.02. The van der Waals surface area contributed by atoms with Gasteiger partial charge in [0.1, 0.15) is 0 Å². The summed E-state index contributed by atoms with van der Waals surface area (Å²) in [7, 11) is 4.13. The predicted octanol–water partition coefficient (Wildman–Crippen LogP) is 4.06. The van der Waals surface area contributed by atoms with Crippen molar-refractivity contribution in [1.82, 2.24) is 4.90 Å². The Morgan fingerprint density at radius 1 is 1.09 bits per heavy atom. The van der Waals surface area contributed by atoms with Crippen LogP contribution in [0.4, 0.5) is 5.69 Å². The van der Waals surface area contributed by atoms with Gasteiger partial charge in [-0.1, -0.05) is 30.0 Å². The van der Waals surface area contributed by atoms with Crippen LogP contribution in [0.1, 0.15) is 22.3 Å². The van der Waals surface area contributed by atoms with Gasteiger partial charge in [0.2, 0.25) is 0 Å². The molecule has 0 atom stereocenters. The van der Waals surface area contributed by atoms with Crippen molar-refractivity contribution in [3.05, 3.63) is 53.6 Å². The zero-order chi connectivity index (χ0) is 16.4. The fraction of sp³-hybridized carbons (Fsp3) is 0.316. The average Bonchev–Trinajstić information content (AvgIpc) is 2.63. The molecule has 2 aromatic rings. The maximum absolute atomic E-state index is 13.1. The molecular weight excluding hydrogens is 304 g/mol.